The van der Waals surface area contributed by atoms with E-state index in [4.69, 9.17) is 5.73 Å². The van der Waals surface area contributed by atoms with Crippen molar-refractivity contribution in [3.8, 4) is 11.3 Å². The van der Waals surface area contributed by atoms with Gasteiger partial charge in [0.25, 0.3) is 0 Å². The molecule has 1 aliphatic rings. The molecule has 1 saturated heterocycles. The maximum absolute atomic E-state index is 12.4. The van der Waals surface area contributed by atoms with E-state index in [1.807, 2.05) is 35.2 Å². The lowest BCUT2D eigenvalue weighted by atomic mass is 10.1. The molecule has 1 fully saturated rings. The molecule has 0 spiro atoms. The summed E-state index contributed by atoms with van der Waals surface area (Å²) in [6, 6.07) is 13.0. The zero-order valence-corrected chi connectivity index (χ0v) is 20.0. The van der Waals surface area contributed by atoms with Crippen molar-refractivity contribution in [2.24, 2.45) is 0 Å². The Balaban J connectivity index is 1.36. The van der Waals surface area contributed by atoms with Crippen LogP contribution in [-0.4, -0.2) is 63.1 Å². The number of likely N-dealkylation sites (tertiary alicyclic amines) is 1. The Hall–Kier alpha value is -4.64. The molecule has 3 aromatic heterocycles. The summed E-state index contributed by atoms with van der Waals surface area (Å²) in [4.78, 5) is 31.8. The first-order valence-electron chi connectivity index (χ1n) is 11.8. The summed E-state index contributed by atoms with van der Waals surface area (Å²) in [5.41, 5.74) is 9.49. The number of benzene rings is 1. The molecule has 4 heterocycles. The van der Waals surface area contributed by atoms with Crippen molar-refractivity contribution in [3.05, 3.63) is 67.5 Å². The Kier molecular flexibility index (Phi) is 6.86. The predicted molar refractivity (Wildman–Crippen MR) is 143 cm³/mol. The van der Waals surface area contributed by atoms with Gasteiger partial charge < -0.3 is 21.7 Å². The van der Waals surface area contributed by atoms with Crippen molar-refractivity contribution in [1.82, 2.24) is 24.8 Å². The predicted octanol–water partition coefficient (Wildman–Crippen LogP) is 3.60. The molecule has 188 valence electrons. The van der Waals surface area contributed by atoms with E-state index in [1.165, 1.54) is 6.08 Å². The first-order chi connectivity index (χ1) is 18.0. The summed E-state index contributed by atoms with van der Waals surface area (Å²) in [7, 11) is 0. The van der Waals surface area contributed by atoms with Crippen LogP contribution in [-0.2, 0) is 4.79 Å². The highest BCUT2D eigenvalue weighted by atomic mass is 19.1. The number of carbonyl (C=O) groups excluding carboxylic acids is 1. The summed E-state index contributed by atoms with van der Waals surface area (Å²) in [5, 5.41) is 9.91. The van der Waals surface area contributed by atoms with Crippen molar-refractivity contribution in [2.75, 3.05) is 48.0 Å². The van der Waals surface area contributed by atoms with Crippen LogP contribution in [0.25, 0.3) is 22.2 Å². The van der Waals surface area contributed by atoms with Crippen molar-refractivity contribution in [1.29, 1.82) is 0 Å². The standard InChI is InChI=1S/C26H26FN9O/c1-2-22(37)32-17-5-3-4-16(12-17)23-24-20(8-10-29-23)25(28)35-26(34-24)33-18-6-7-21(30-13-18)31-19-14-36(15-19)11-9-27/h2-8,10,12-13,19H,1,9,11,14-15H2,(H,30,31)(H,32,37)(H3,28,33,34,35). The van der Waals surface area contributed by atoms with Gasteiger partial charge in [0.05, 0.1) is 23.6 Å². The van der Waals surface area contributed by atoms with Gasteiger partial charge in [0.1, 0.15) is 23.8 Å². The van der Waals surface area contributed by atoms with Crippen LogP contribution >= 0.6 is 0 Å². The van der Waals surface area contributed by atoms with Crippen LogP contribution in [0.4, 0.5) is 33.3 Å². The van der Waals surface area contributed by atoms with Crippen molar-refractivity contribution in [3.63, 3.8) is 0 Å². The number of hydrogen-bond donors (Lipinski definition) is 4. The topological polar surface area (TPSA) is 134 Å². The largest absolute Gasteiger partial charge is 0.383 e. The SMILES string of the molecule is C=CC(=O)Nc1cccc(-c2nccc3c(N)nc(Nc4ccc(NC5CN(CCF)C5)nc4)nc23)c1. The Morgan fingerprint density at radius 3 is 2.78 bits per heavy atom. The van der Waals surface area contributed by atoms with Crippen LogP contribution < -0.4 is 21.7 Å². The zero-order chi connectivity index (χ0) is 25.8. The molecule has 5 rings (SSSR count). The number of amides is 1. The highest BCUT2D eigenvalue weighted by Crippen LogP contribution is 2.30. The molecule has 0 saturated carbocycles. The molecule has 37 heavy (non-hydrogen) atoms. The van der Waals surface area contributed by atoms with E-state index in [9.17, 15) is 9.18 Å². The normalized spacial score (nSPS) is 13.6. The number of alkyl halides is 1. The lowest BCUT2D eigenvalue weighted by Crippen LogP contribution is -2.55. The first kappa shape index (κ1) is 24.1. The molecule has 4 aromatic rings. The molecule has 0 bridgehead atoms. The number of nitrogens with one attached hydrogen (secondary N) is 3. The molecule has 5 N–H and O–H groups in total. The zero-order valence-electron chi connectivity index (χ0n) is 20.0. The number of rotatable bonds is 9. The number of anilines is 5. The van der Waals surface area contributed by atoms with E-state index in [-0.39, 0.29) is 18.6 Å². The Morgan fingerprint density at radius 2 is 2.03 bits per heavy atom. The third-order valence-electron chi connectivity index (χ3n) is 5.96. The number of nitrogens with zero attached hydrogens (tertiary/aromatic N) is 5. The maximum atomic E-state index is 12.4. The van der Waals surface area contributed by atoms with Crippen LogP contribution in [0.5, 0.6) is 0 Å². The van der Waals surface area contributed by atoms with E-state index in [1.54, 1.807) is 24.5 Å². The third-order valence-corrected chi connectivity index (χ3v) is 5.96. The molecule has 11 heteroatoms. The lowest BCUT2D eigenvalue weighted by molar-refractivity contribution is -0.111. The highest BCUT2D eigenvalue weighted by Gasteiger charge is 2.26. The average molecular weight is 500 g/mol. The molecule has 10 nitrogen and oxygen atoms in total. The van der Waals surface area contributed by atoms with Crippen LogP contribution in [0.15, 0.2) is 67.5 Å². The van der Waals surface area contributed by atoms with Crippen LogP contribution in [0.1, 0.15) is 0 Å². The molecule has 1 amide bonds. The fourth-order valence-corrected chi connectivity index (χ4v) is 4.14. The number of fused-ring (bicyclic) bond motifs is 1. The quantitative estimate of drug-likeness (QED) is 0.255. The minimum absolute atomic E-state index is 0.260. The van der Waals surface area contributed by atoms with Crippen LogP contribution in [0, 0.1) is 0 Å². The molecule has 0 radical (unpaired) electrons. The van der Waals surface area contributed by atoms with Gasteiger partial charge in [-0.1, -0.05) is 18.7 Å². The van der Waals surface area contributed by atoms with Crippen LogP contribution in [0.2, 0.25) is 0 Å². The summed E-state index contributed by atoms with van der Waals surface area (Å²) in [5.74, 6) is 1.05. The highest BCUT2D eigenvalue weighted by molar-refractivity contribution is 6.00. The fraction of sp³-hybridized carbons (Fsp3) is 0.192. The lowest BCUT2D eigenvalue weighted by Gasteiger charge is -2.39. The minimum atomic E-state index is -0.329. The van der Waals surface area contributed by atoms with Gasteiger partial charge in [-0.25, -0.2) is 14.4 Å². The van der Waals surface area contributed by atoms with Gasteiger partial charge in [-0.05, 0) is 36.4 Å². The third kappa shape index (κ3) is 5.46. The Labute approximate surface area is 212 Å². The average Bonchev–Trinajstić information content (AvgIpc) is 2.88. The van der Waals surface area contributed by atoms with Crippen molar-refractivity contribution >= 4 is 45.8 Å². The monoisotopic (exact) mass is 499 g/mol. The summed E-state index contributed by atoms with van der Waals surface area (Å²) in [6.45, 7) is 5.23. The van der Waals surface area contributed by atoms with E-state index in [2.05, 4.69) is 42.5 Å². The van der Waals surface area contributed by atoms with Gasteiger partial charge in [0, 0.05) is 42.5 Å². The molecule has 1 aliphatic heterocycles. The smallest absolute Gasteiger partial charge is 0.247 e. The van der Waals surface area contributed by atoms with Crippen molar-refractivity contribution < 1.29 is 9.18 Å². The number of carbonyl (C=O) groups is 1. The summed E-state index contributed by atoms with van der Waals surface area (Å²) in [6.07, 6.45) is 4.54. The second-order valence-corrected chi connectivity index (χ2v) is 8.61. The number of aromatic nitrogens is 4. The molecule has 0 unspecified atom stereocenters. The Bertz CT molecular complexity index is 1440. The van der Waals surface area contributed by atoms with E-state index >= 15 is 0 Å². The van der Waals surface area contributed by atoms with Gasteiger partial charge in [0.2, 0.25) is 11.9 Å². The number of hydrogen-bond acceptors (Lipinski definition) is 9. The van der Waals surface area contributed by atoms with E-state index < -0.39 is 0 Å². The minimum Gasteiger partial charge on any atom is -0.383 e. The summed E-state index contributed by atoms with van der Waals surface area (Å²) >= 11 is 0. The molecule has 0 atom stereocenters. The van der Waals surface area contributed by atoms with E-state index in [0.717, 1.165) is 24.5 Å². The molecular weight excluding hydrogens is 473 g/mol. The molecule has 1 aromatic carbocycles. The number of nitrogen functional groups attached to an aromatic ring is 1. The van der Waals surface area contributed by atoms with Gasteiger partial charge in [-0.15, -0.1) is 0 Å². The number of nitrogens with two attached hydrogens (primary N) is 1. The second-order valence-electron chi connectivity index (χ2n) is 8.61. The summed E-state index contributed by atoms with van der Waals surface area (Å²) < 4.78 is 12.4. The first-order valence-corrected chi connectivity index (χ1v) is 11.8. The van der Waals surface area contributed by atoms with Gasteiger partial charge in [-0.3, -0.25) is 14.7 Å². The van der Waals surface area contributed by atoms with Crippen molar-refractivity contribution in [2.45, 2.75) is 6.04 Å². The van der Waals surface area contributed by atoms with Gasteiger partial charge in [0.15, 0.2) is 0 Å². The van der Waals surface area contributed by atoms with Gasteiger partial charge >= 0.3 is 0 Å². The second kappa shape index (κ2) is 10.5. The van der Waals surface area contributed by atoms with Gasteiger partial charge in [-0.2, -0.15) is 4.98 Å². The number of halogens is 1. The maximum Gasteiger partial charge on any atom is 0.247 e. The Morgan fingerprint density at radius 1 is 1.16 bits per heavy atom. The molecular formula is C26H26FN9O. The number of pyridine rings is 2. The fourth-order valence-electron chi connectivity index (χ4n) is 4.14. The van der Waals surface area contributed by atoms with Crippen LogP contribution in [0.3, 0.4) is 0 Å². The van der Waals surface area contributed by atoms with E-state index in [0.29, 0.717) is 46.3 Å². The molecule has 0 aliphatic carbocycles.